The van der Waals surface area contributed by atoms with Gasteiger partial charge in [-0.1, -0.05) is 0 Å². The fourth-order valence-corrected chi connectivity index (χ4v) is 2.32. The zero-order valence-electron chi connectivity index (χ0n) is 10.9. The van der Waals surface area contributed by atoms with Gasteiger partial charge in [0.15, 0.2) is 0 Å². The number of piperidine rings is 1. The maximum Gasteiger partial charge on any atom is 0.322 e. The van der Waals surface area contributed by atoms with Crippen molar-refractivity contribution in [1.29, 1.82) is 0 Å². The van der Waals surface area contributed by atoms with E-state index < -0.39 is 6.04 Å². The highest BCUT2D eigenvalue weighted by molar-refractivity contribution is 5.75. The smallest absolute Gasteiger partial charge is 0.322 e. The van der Waals surface area contributed by atoms with Gasteiger partial charge in [-0.3, -0.25) is 4.79 Å². The Morgan fingerprint density at radius 2 is 2.29 bits per heavy atom. The molecule has 5 nitrogen and oxygen atoms in total. The van der Waals surface area contributed by atoms with Gasteiger partial charge in [0, 0.05) is 20.2 Å². The molecule has 2 N–H and O–H groups in total. The van der Waals surface area contributed by atoms with Crippen LogP contribution in [0.15, 0.2) is 0 Å². The summed E-state index contributed by atoms with van der Waals surface area (Å²) in [5, 5.41) is 0. The molecule has 2 unspecified atom stereocenters. The summed E-state index contributed by atoms with van der Waals surface area (Å²) in [5.41, 5.74) is 5.71. The molecule has 100 valence electrons. The van der Waals surface area contributed by atoms with E-state index in [2.05, 4.69) is 9.64 Å². The number of hydrogen-bond donors (Lipinski definition) is 1. The van der Waals surface area contributed by atoms with Crippen molar-refractivity contribution >= 4 is 5.97 Å². The van der Waals surface area contributed by atoms with Crippen LogP contribution in [0.1, 0.15) is 19.3 Å². The van der Waals surface area contributed by atoms with E-state index in [9.17, 15) is 4.79 Å². The first-order valence-electron chi connectivity index (χ1n) is 6.22. The third-order valence-corrected chi connectivity index (χ3v) is 3.27. The second-order valence-corrected chi connectivity index (χ2v) is 4.68. The van der Waals surface area contributed by atoms with Gasteiger partial charge in [-0.15, -0.1) is 0 Å². The standard InChI is InChI=1S/C12H24N2O3/c1-16-9-10-4-3-6-14(8-10)7-5-11(13)12(15)17-2/h10-11H,3-9,13H2,1-2H3. The van der Waals surface area contributed by atoms with Gasteiger partial charge in [-0.2, -0.15) is 0 Å². The number of hydrogen-bond acceptors (Lipinski definition) is 5. The Hall–Kier alpha value is -0.650. The number of carbonyl (C=O) groups is 1. The Labute approximate surface area is 103 Å². The molecule has 5 heteroatoms. The molecule has 0 aromatic heterocycles. The van der Waals surface area contributed by atoms with Crippen LogP contribution in [0.3, 0.4) is 0 Å². The highest BCUT2D eigenvalue weighted by Crippen LogP contribution is 2.16. The Kier molecular flexibility index (Phi) is 6.47. The zero-order valence-corrected chi connectivity index (χ0v) is 10.9. The van der Waals surface area contributed by atoms with Crippen molar-refractivity contribution in [1.82, 2.24) is 4.90 Å². The van der Waals surface area contributed by atoms with Crippen LogP contribution < -0.4 is 5.73 Å². The summed E-state index contributed by atoms with van der Waals surface area (Å²) in [6.07, 6.45) is 3.08. The molecule has 0 amide bonds. The number of nitrogens with two attached hydrogens (primary N) is 1. The molecule has 17 heavy (non-hydrogen) atoms. The normalized spacial score (nSPS) is 23.4. The minimum atomic E-state index is -0.497. The predicted molar refractivity (Wildman–Crippen MR) is 65.6 cm³/mol. The van der Waals surface area contributed by atoms with Crippen LogP contribution in [-0.2, 0) is 14.3 Å². The molecule has 1 aliphatic heterocycles. The van der Waals surface area contributed by atoms with E-state index >= 15 is 0 Å². The van der Waals surface area contributed by atoms with E-state index in [1.165, 1.54) is 20.0 Å². The number of likely N-dealkylation sites (tertiary alicyclic amines) is 1. The minimum Gasteiger partial charge on any atom is -0.468 e. The number of methoxy groups -OCH3 is 2. The van der Waals surface area contributed by atoms with Gasteiger partial charge in [0.05, 0.1) is 13.7 Å². The molecule has 0 bridgehead atoms. The van der Waals surface area contributed by atoms with Gasteiger partial charge in [0.1, 0.15) is 6.04 Å². The largest absolute Gasteiger partial charge is 0.468 e. The average Bonchev–Trinajstić information content (AvgIpc) is 2.36. The third kappa shape index (κ3) is 5.02. The lowest BCUT2D eigenvalue weighted by atomic mass is 9.98. The first-order valence-corrected chi connectivity index (χ1v) is 6.22. The number of nitrogens with zero attached hydrogens (tertiary/aromatic N) is 1. The lowest BCUT2D eigenvalue weighted by molar-refractivity contribution is -0.142. The van der Waals surface area contributed by atoms with Crippen LogP contribution in [0.4, 0.5) is 0 Å². The molecule has 0 aliphatic carbocycles. The van der Waals surface area contributed by atoms with Crippen LogP contribution in [0.5, 0.6) is 0 Å². The molecule has 1 fully saturated rings. The average molecular weight is 244 g/mol. The molecule has 0 spiro atoms. The molecule has 1 aliphatic rings. The zero-order chi connectivity index (χ0) is 12.7. The van der Waals surface area contributed by atoms with Crippen molar-refractivity contribution in [2.24, 2.45) is 11.7 Å². The number of carbonyl (C=O) groups excluding carboxylic acids is 1. The summed E-state index contributed by atoms with van der Waals surface area (Å²) in [5.74, 6) is 0.290. The minimum absolute atomic E-state index is 0.324. The predicted octanol–water partition coefficient (Wildman–Crippen LogP) is 0.235. The van der Waals surface area contributed by atoms with E-state index in [0.717, 1.165) is 26.2 Å². The Morgan fingerprint density at radius 1 is 1.53 bits per heavy atom. The summed E-state index contributed by atoms with van der Waals surface area (Å²) < 4.78 is 9.79. The van der Waals surface area contributed by atoms with Crippen LogP contribution in [0.25, 0.3) is 0 Å². The topological polar surface area (TPSA) is 64.8 Å². The second-order valence-electron chi connectivity index (χ2n) is 4.68. The number of esters is 1. The van der Waals surface area contributed by atoms with E-state index in [1.54, 1.807) is 7.11 Å². The van der Waals surface area contributed by atoms with E-state index in [1.807, 2.05) is 0 Å². The maximum atomic E-state index is 11.2. The van der Waals surface area contributed by atoms with Crippen LogP contribution in [0.2, 0.25) is 0 Å². The highest BCUT2D eigenvalue weighted by Gasteiger charge is 2.21. The van der Waals surface area contributed by atoms with Crippen molar-refractivity contribution in [2.75, 3.05) is 40.5 Å². The van der Waals surface area contributed by atoms with Crippen LogP contribution >= 0.6 is 0 Å². The number of ether oxygens (including phenoxy) is 2. The maximum absolute atomic E-state index is 11.2. The van der Waals surface area contributed by atoms with Crippen molar-refractivity contribution in [3.05, 3.63) is 0 Å². The molecule has 1 rings (SSSR count). The second kappa shape index (κ2) is 7.63. The molecular formula is C12H24N2O3. The Bertz CT molecular complexity index is 234. The van der Waals surface area contributed by atoms with E-state index in [0.29, 0.717) is 12.3 Å². The molecule has 2 atom stereocenters. The van der Waals surface area contributed by atoms with Crippen LogP contribution in [0, 0.1) is 5.92 Å². The summed E-state index contributed by atoms with van der Waals surface area (Å²) in [7, 11) is 3.11. The molecule has 0 radical (unpaired) electrons. The van der Waals surface area contributed by atoms with Gasteiger partial charge < -0.3 is 20.1 Å². The lowest BCUT2D eigenvalue weighted by Crippen LogP contribution is -2.41. The van der Waals surface area contributed by atoms with Crippen molar-refractivity contribution in [3.63, 3.8) is 0 Å². The quantitative estimate of drug-likeness (QED) is 0.678. The monoisotopic (exact) mass is 244 g/mol. The van der Waals surface area contributed by atoms with Crippen molar-refractivity contribution < 1.29 is 14.3 Å². The third-order valence-electron chi connectivity index (χ3n) is 3.27. The van der Waals surface area contributed by atoms with Gasteiger partial charge in [0.25, 0.3) is 0 Å². The fraction of sp³-hybridized carbons (Fsp3) is 0.917. The van der Waals surface area contributed by atoms with E-state index in [4.69, 9.17) is 10.5 Å². The van der Waals surface area contributed by atoms with Gasteiger partial charge in [-0.05, 0) is 31.7 Å². The van der Waals surface area contributed by atoms with E-state index in [-0.39, 0.29) is 5.97 Å². The SMILES string of the molecule is COCC1CCCN(CCC(N)C(=O)OC)C1. The summed E-state index contributed by atoms with van der Waals surface area (Å²) >= 11 is 0. The van der Waals surface area contributed by atoms with Gasteiger partial charge in [-0.25, -0.2) is 0 Å². The molecule has 1 saturated heterocycles. The number of rotatable bonds is 6. The van der Waals surface area contributed by atoms with Crippen LogP contribution in [-0.4, -0.2) is 57.4 Å². The summed E-state index contributed by atoms with van der Waals surface area (Å²) in [4.78, 5) is 13.5. The first kappa shape index (κ1) is 14.4. The highest BCUT2D eigenvalue weighted by atomic mass is 16.5. The van der Waals surface area contributed by atoms with Crippen molar-refractivity contribution in [3.8, 4) is 0 Å². The van der Waals surface area contributed by atoms with Crippen molar-refractivity contribution in [2.45, 2.75) is 25.3 Å². The lowest BCUT2D eigenvalue weighted by Gasteiger charge is -2.32. The Balaban J connectivity index is 2.24. The van der Waals surface area contributed by atoms with Gasteiger partial charge >= 0.3 is 5.97 Å². The summed E-state index contributed by atoms with van der Waals surface area (Å²) in [6, 6.07) is -0.497. The molecule has 0 aromatic carbocycles. The first-order chi connectivity index (χ1) is 8.17. The van der Waals surface area contributed by atoms with Gasteiger partial charge in [0.2, 0.25) is 0 Å². The summed E-state index contributed by atoms with van der Waals surface area (Å²) in [6.45, 7) is 3.81. The molecule has 1 heterocycles. The fourth-order valence-electron chi connectivity index (χ4n) is 2.32. The molecule has 0 aromatic rings. The molecule has 0 saturated carbocycles. The molecular weight excluding hydrogens is 220 g/mol. The Morgan fingerprint density at radius 3 is 2.94 bits per heavy atom.